The van der Waals surface area contributed by atoms with E-state index in [4.69, 9.17) is 14.3 Å². The predicted octanol–water partition coefficient (Wildman–Crippen LogP) is 4.44. The Kier molecular flexibility index (Phi) is 7.83. The summed E-state index contributed by atoms with van der Waals surface area (Å²) in [5, 5.41) is 1.88. The molecule has 162 valence electrons. The Morgan fingerprint density at radius 3 is 2.00 bits per heavy atom. The van der Waals surface area contributed by atoms with Gasteiger partial charge in [0.05, 0.1) is 25.7 Å². The molecule has 6 heteroatoms. The highest BCUT2D eigenvalue weighted by atomic mass is 16.7. The molecule has 0 amide bonds. The molecular weight excluding hydrogens is 370 g/mol. The van der Waals surface area contributed by atoms with Crippen molar-refractivity contribution in [3.05, 3.63) is 35.9 Å². The first-order valence-corrected chi connectivity index (χ1v) is 10.3. The zero-order valence-electron chi connectivity index (χ0n) is 18.6. The second kappa shape index (κ2) is 9.72. The van der Waals surface area contributed by atoms with Crippen molar-refractivity contribution in [2.24, 2.45) is 5.41 Å². The molecule has 0 N–H and O–H groups in total. The normalized spacial score (nSPS) is 17.1. The summed E-state index contributed by atoms with van der Waals surface area (Å²) in [6.07, 6.45) is 5.24. The Morgan fingerprint density at radius 2 is 1.48 bits per heavy atom. The highest BCUT2D eigenvalue weighted by Gasteiger charge is 2.48. The summed E-state index contributed by atoms with van der Waals surface area (Å²) in [4.78, 5) is 31.6. The van der Waals surface area contributed by atoms with E-state index in [-0.39, 0.29) is 12.0 Å². The maximum absolute atomic E-state index is 12.8. The maximum Gasteiger partial charge on any atom is 0.339 e. The monoisotopic (exact) mass is 405 g/mol. The van der Waals surface area contributed by atoms with E-state index < -0.39 is 23.0 Å². The molecule has 1 aromatic rings. The molecule has 0 aromatic heterocycles. The number of rotatable bonds is 8. The van der Waals surface area contributed by atoms with Gasteiger partial charge in [-0.15, -0.1) is 0 Å². The molecule has 1 aliphatic rings. The summed E-state index contributed by atoms with van der Waals surface area (Å²) in [6.45, 7) is 7.12. The fourth-order valence-corrected chi connectivity index (χ4v) is 4.11. The smallest absolute Gasteiger partial charge is 0.339 e. The van der Waals surface area contributed by atoms with Crippen LogP contribution in [0.15, 0.2) is 30.3 Å². The molecule has 6 nitrogen and oxygen atoms in total. The number of hydrogen-bond acceptors (Lipinski definition) is 6. The van der Waals surface area contributed by atoms with Gasteiger partial charge in [0.25, 0.3) is 0 Å². The first kappa shape index (κ1) is 23.4. The van der Waals surface area contributed by atoms with Gasteiger partial charge in [-0.25, -0.2) is 4.79 Å². The Hall–Kier alpha value is -1.92. The van der Waals surface area contributed by atoms with Crippen molar-refractivity contribution in [1.82, 2.24) is 5.06 Å². The van der Waals surface area contributed by atoms with Crippen molar-refractivity contribution in [2.75, 3.05) is 14.2 Å². The maximum atomic E-state index is 12.8. The van der Waals surface area contributed by atoms with Crippen LogP contribution in [0.1, 0.15) is 71.4 Å². The summed E-state index contributed by atoms with van der Waals surface area (Å²) in [5.74, 6) is -0.785. The number of hydroxylamine groups is 2. The van der Waals surface area contributed by atoms with E-state index in [0.717, 1.165) is 31.2 Å². The average molecular weight is 406 g/mol. The first-order chi connectivity index (χ1) is 13.6. The van der Waals surface area contributed by atoms with Crippen LogP contribution >= 0.6 is 0 Å². The third kappa shape index (κ3) is 5.37. The Morgan fingerprint density at radius 1 is 0.931 bits per heavy atom. The van der Waals surface area contributed by atoms with Gasteiger partial charge in [-0.1, -0.05) is 49.6 Å². The van der Waals surface area contributed by atoms with E-state index in [9.17, 15) is 9.59 Å². The van der Waals surface area contributed by atoms with Gasteiger partial charge in [0.2, 0.25) is 0 Å². The van der Waals surface area contributed by atoms with Gasteiger partial charge in [-0.2, -0.15) is 5.06 Å². The Balaban J connectivity index is 2.56. The molecule has 0 radical (unpaired) electrons. The molecular formula is C23H35NO5. The van der Waals surface area contributed by atoms with Crippen LogP contribution in [-0.2, 0) is 23.9 Å². The van der Waals surface area contributed by atoms with Crippen LogP contribution in [-0.4, -0.2) is 42.9 Å². The first-order valence-electron chi connectivity index (χ1n) is 10.3. The molecule has 1 fully saturated rings. The van der Waals surface area contributed by atoms with E-state index in [0.29, 0.717) is 0 Å². The van der Waals surface area contributed by atoms with Gasteiger partial charge in [0.1, 0.15) is 0 Å². The number of hydrogen-bond donors (Lipinski definition) is 0. The fraction of sp³-hybridized carbons (Fsp3) is 0.652. The van der Waals surface area contributed by atoms with Crippen molar-refractivity contribution in [3.63, 3.8) is 0 Å². The number of carbonyl (C=O) groups excluding carboxylic acids is 2. The SMILES string of the molecule is COC(=O)C(C)(C)ON(C1CCCCC1)C(c1ccccc1)C(C)(C)C(=O)OC. The van der Waals surface area contributed by atoms with E-state index in [1.807, 2.05) is 49.2 Å². The minimum absolute atomic E-state index is 0.0850. The van der Waals surface area contributed by atoms with Crippen molar-refractivity contribution < 1.29 is 23.9 Å². The lowest BCUT2D eigenvalue weighted by Gasteiger charge is -2.46. The van der Waals surface area contributed by atoms with Crippen LogP contribution in [0.25, 0.3) is 0 Å². The van der Waals surface area contributed by atoms with Gasteiger partial charge in [0.15, 0.2) is 5.60 Å². The predicted molar refractivity (Wildman–Crippen MR) is 111 cm³/mol. The third-order valence-electron chi connectivity index (χ3n) is 5.71. The molecule has 1 aromatic carbocycles. The number of nitrogens with zero attached hydrogens (tertiary/aromatic N) is 1. The zero-order chi connectivity index (χ0) is 21.7. The van der Waals surface area contributed by atoms with Crippen molar-refractivity contribution in [1.29, 1.82) is 0 Å². The van der Waals surface area contributed by atoms with Crippen molar-refractivity contribution in [3.8, 4) is 0 Å². The summed E-state index contributed by atoms with van der Waals surface area (Å²) >= 11 is 0. The minimum Gasteiger partial charge on any atom is -0.469 e. The summed E-state index contributed by atoms with van der Waals surface area (Å²) in [6, 6.07) is 9.46. The molecule has 0 spiro atoms. The van der Waals surface area contributed by atoms with Gasteiger partial charge in [0, 0.05) is 6.04 Å². The number of methoxy groups -OCH3 is 2. The van der Waals surface area contributed by atoms with E-state index in [2.05, 4.69) is 0 Å². The van der Waals surface area contributed by atoms with Gasteiger partial charge >= 0.3 is 11.9 Å². The molecule has 2 rings (SSSR count). The van der Waals surface area contributed by atoms with Crippen LogP contribution < -0.4 is 0 Å². The lowest BCUT2D eigenvalue weighted by atomic mass is 9.78. The quantitative estimate of drug-likeness (QED) is 0.470. The van der Waals surface area contributed by atoms with Crippen LogP contribution in [0.3, 0.4) is 0 Å². The van der Waals surface area contributed by atoms with Gasteiger partial charge in [-0.05, 0) is 46.1 Å². The molecule has 1 saturated carbocycles. The Labute approximate surface area is 174 Å². The largest absolute Gasteiger partial charge is 0.469 e. The summed E-state index contributed by atoms with van der Waals surface area (Å²) < 4.78 is 10.1. The van der Waals surface area contributed by atoms with E-state index in [1.165, 1.54) is 20.6 Å². The molecule has 0 aliphatic heterocycles. The molecule has 0 bridgehead atoms. The lowest BCUT2D eigenvalue weighted by Crippen LogP contribution is -2.53. The van der Waals surface area contributed by atoms with E-state index >= 15 is 0 Å². The van der Waals surface area contributed by atoms with Crippen LogP contribution in [0.2, 0.25) is 0 Å². The molecule has 29 heavy (non-hydrogen) atoms. The second-order valence-corrected chi connectivity index (χ2v) is 8.77. The molecule has 1 atom stereocenters. The van der Waals surface area contributed by atoms with Crippen molar-refractivity contribution >= 4 is 11.9 Å². The van der Waals surface area contributed by atoms with Crippen LogP contribution in [0, 0.1) is 5.41 Å². The Bertz CT molecular complexity index is 680. The van der Waals surface area contributed by atoms with Crippen LogP contribution in [0.4, 0.5) is 0 Å². The highest BCUT2D eigenvalue weighted by Crippen LogP contribution is 2.44. The zero-order valence-corrected chi connectivity index (χ0v) is 18.6. The number of benzene rings is 1. The standard InChI is InChI=1S/C23H35NO5/c1-22(2,20(25)27-5)19(17-13-9-7-10-14-17)24(18-15-11-8-12-16-18)29-23(3,4)21(26)28-6/h7,9-10,13-14,18-19H,8,11-12,15-16H2,1-6H3. The van der Waals surface area contributed by atoms with Crippen LogP contribution in [0.5, 0.6) is 0 Å². The number of esters is 2. The van der Waals surface area contributed by atoms with Crippen molar-refractivity contribution in [2.45, 2.75) is 77.5 Å². The average Bonchev–Trinajstić information content (AvgIpc) is 2.73. The van der Waals surface area contributed by atoms with Gasteiger partial charge < -0.3 is 9.47 Å². The fourth-order valence-electron chi connectivity index (χ4n) is 4.11. The third-order valence-corrected chi connectivity index (χ3v) is 5.71. The minimum atomic E-state index is -1.19. The highest BCUT2D eigenvalue weighted by molar-refractivity contribution is 5.78. The molecule has 0 saturated heterocycles. The number of ether oxygens (including phenoxy) is 2. The summed E-state index contributed by atoms with van der Waals surface area (Å²) in [5.41, 5.74) is -1.15. The second-order valence-electron chi connectivity index (χ2n) is 8.77. The summed E-state index contributed by atoms with van der Waals surface area (Å²) in [7, 11) is 2.75. The molecule has 1 aliphatic carbocycles. The molecule has 1 unspecified atom stereocenters. The lowest BCUT2D eigenvalue weighted by molar-refractivity contribution is -0.292. The van der Waals surface area contributed by atoms with Gasteiger partial charge in [-0.3, -0.25) is 9.63 Å². The number of carbonyl (C=O) groups is 2. The van der Waals surface area contributed by atoms with E-state index in [1.54, 1.807) is 13.8 Å². The molecule has 0 heterocycles. The topological polar surface area (TPSA) is 65.1 Å².